The lowest BCUT2D eigenvalue weighted by Gasteiger charge is -2.22. The maximum Gasteiger partial charge on any atom is 0.119 e. The van der Waals surface area contributed by atoms with E-state index in [-0.39, 0.29) is 0 Å². The van der Waals surface area contributed by atoms with Gasteiger partial charge in [-0.1, -0.05) is 32.1 Å². The average molecular weight is 259 g/mol. The van der Waals surface area contributed by atoms with Gasteiger partial charge >= 0.3 is 0 Å². The van der Waals surface area contributed by atoms with Gasteiger partial charge in [0.15, 0.2) is 0 Å². The Morgan fingerprint density at radius 1 is 1.16 bits per heavy atom. The van der Waals surface area contributed by atoms with E-state index in [4.69, 9.17) is 4.74 Å². The van der Waals surface area contributed by atoms with Gasteiger partial charge in [0, 0.05) is 18.2 Å². The van der Waals surface area contributed by atoms with Gasteiger partial charge in [0.1, 0.15) is 5.75 Å². The van der Waals surface area contributed by atoms with Crippen LogP contribution in [0.5, 0.6) is 5.75 Å². The Bertz CT molecular complexity index is 423. The number of methoxy groups -OCH3 is 1. The van der Waals surface area contributed by atoms with E-state index in [1.165, 1.54) is 56.2 Å². The summed E-state index contributed by atoms with van der Waals surface area (Å²) in [6, 6.07) is 6.44. The number of anilines is 1. The van der Waals surface area contributed by atoms with E-state index in [1.807, 2.05) is 0 Å². The minimum atomic E-state index is 0.687. The smallest absolute Gasteiger partial charge is 0.119 e. The van der Waals surface area contributed by atoms with Crippen LogP contribution in [0.2, 0.25) is 0 Å². The molecule has 1 aliphatic heterocycles. The number of hydrogen-bond donors (Lipinski definition) is 1. The molecule has 0 saturated heterocycles. The van der Waals surface area contributed by atoms with Crippen molar-refractivity contribution in [2.24, 2.45) is 5.92 Å². The van der Waals surface area contributed by atoms with E-state index < -0.39 is 0 Å². The maximum atomic E-state index is 5.35. The standard InChI is InChI=1S/C17H25NO/c1-19-15-9-10-17-16(11-15)14(12-18-17)8-7-13-5-3-2-4-6-13/h9-11,13-14,18H,2-8,12H2,1H3. The van der Waals surface area contributed by atoms with Gasteiger partial charge < -0.3 is 10.1 Å². The SMILES string of the molecule is COc1ccc2c(c1)C(CCC1CCCCC1)CN2. The van der Waals surface area contributed by atoms with Crippen LogP contribution in [-0.2, 0) is 0 Å². The summed E-state index contributed by atoms with van der Waals surface area (Å²) in [6.07, 6.45) is 10.0. The molecule has 1 unspecified atom stereocenters. The zero-order valence-corrected chi connectivity index (χ0v) is 12.0. The summed E-state index contributed by atoms with van der Waals surface area (Å²) in [5, 5.41) is 3.53. The number of rotatable bonds is 4. The lowest BCUT2D eigenvalue weighted by molar-refractivity contribution is 0.325. The van der Waals surface area contributed by atoms with Crippen molar-refractivity contribution in [2.75, 3.05) is 19.0 Å². The summed E-state index contributed by atoms with van der Waals surface area (Å²) >= 11 is 0. The normalized spacial score (nSPS) is 22.9. The summed E-state index contributed by atoms with van der Waals surface area (Å²) in [5.74, 6) is 2.67. The molecule has 1 aromatic carbocycles. The number of nitrogens with one attached hydrogen (secondary N) is 1. The average Bonchev–Trinajstić information content (AvgIpc) is 2.88. The second-order valence-electron chi connectivity index (χ2n) is 6.11. The van der Waals surface area contributed by atoms with Crippen molar-refractivity contribution >= 4 is 5.69 Å². The number of hydrogen-bond acceptors (Lipinski definition) is 2. The highest BCUT2D eigenvalue weighted by Gasteiger charge is 2.24. The van der Waals surface area contributed by atoms with Gasteiger partial charge in [-0.2, -0.15) is 0 Å². The van der Waals surface area contributed by atoms with E-state index in [0.29, 0.717) is 5.92 Å². The third-order valence-electron chi connectivity index (χ3n) is 4.89. The van der Waals surface area contributed by atoms with E-state index in [9.17, 15) is 0 Å². The highest BCUT2D eigenvalue weighted by atomic mass is 16.5. The number of ether oxygens (including phenoxy) is 1. The van der Waals surface area contributed by atoms with Crippen LogP contribution in [0.3, 0.4) is 0 Å². The summed E-state index contributed by atoms with van der Waals surface area (Å²) in [4.78, 5) is 0. The summed E-state index contributed by atoms with van der Waals surface area (Å²) < 4.78 is 5.35. The minimum absolute atomic E-state index is 0.687. The van der Waals surface area contributed by atoms with Crippen molar-refractivity contribution in [2.45, 2.75) is 50.9 Å². The fraction of sp³-hybridized carbons (Fsp3) is 0.647. The Morgan fingerprint density at radius 2 is 2.00 bits per heavy atom. The highest BCUT2D eigenvalue weighted by Crippen LogP contribution is 2.38. The molecule has 0 aromatic heterocycles. The molecule has 1 aromatic rings. The van der Waals surface area contributed by atoms with Crippen molar-refractivity contribution < 1.29 is 4.74 Å². The molecule has 0 amide bonds. The molecular formula is C17H25NO. The topological polar surface area (TPSA) is 21.3 Å². The zero-order chi connectivity index (χ0) is 13.1. The molecule has 2 nitrogen and oxygen atoms in total. The monoisotopic (exact) mass is 259 g/mol. The van der Waals surface area contributed by atoms with E-state index in [0.717, 1.165) is 18.2 Å². The fourth-order valence-electron chi connectivity index (χ4n) is 3.68. The largest absolute Gasteiger partial charge is 0.497 e. The predicted molar refractivity (Wildman–Crippen MR) is 80.0 cm³/mol. The van der Waals surface area contributed by atoms with Crippen molar-refractivity contribution in [3.05, 3.63) is 23.8 Å². The number of benzene rings is 1. The van der Waals surface area contributed by atoms with Crippen LogP contribution in [0, 0.1) is 5.92 Å². The first-order valence-electron chi connectivity index (χ1n) is 7.78. The molecule has 1 atom stereocenters. The van der Waals surface area contributed by atoms with E-state index >= 15 is 0 Å². The fourth-order valence-corrected chi connectivity index (χ4v) is 3.68. The van der Waals surface area contributed by atoms with Crippen molar-refractivity contribution in [3.63, 3.8) is 0 Å². The minimum Gasteiger partial charge on any atom is -0.497 e. The predicted octanol–water partition coefficient (Wildman–Crippen LogP) is 4.56. The molecule has 0 radical (unpaired) electrons. The Hall–Kier alpha value is -1.18. The molecule has 0 bridgehead atoms. The van der Waals surface area contributed by atoms with Gasteiger partial charge in [-0.05, 0) is 42.5 Å². The van der Waals surface area contributed by atoms with E-state index in [1.54, 1.807) is 7.11 Å². The van der Waals surface area contributed by atoms with Gasteiger partial charge in [-0.3, -0.25) is 0 Å². The highest BCUT2D eigenvalue weighted by molar-refractivity contribution is 5.60. The molecule has 2 aliphatic rings. The molecule has 104 valence electrons. The van der Waals surface area contributed by atoms with Gasteiger partial charge in [0.2, 0.25) is 0 Å². The summed E-state index contributed by atoms with van der Waals surface area (Å²) in [7, 11) is 1.75. The molecular weight excluding hydrogens is 234 g/mol. The van der Waals surface area contributed by atoms with Gasteiger partial charge in [0.05, 0.1) is 7.11 Å². The zero-order valence-electron chi connectivity index (χ0n) is 12.0. The lowest BCUT2D eigenvalue weighted by Crippen LogP contribution is -2.09. The Balaban J connectivity index is 1.61. The molecule has 1 saturated carbocycles. The molecule has 19 heavy (non-hydrogen) atoms. The third-order valence-corrected chi connectivity index (χ3v) is 4.89. The quantitative estimate of drug-likeness (QED) is 0.855. The Morgan fingerprint density at radius 3 is 2.79 bits per heavy atom. The molecule has 1 heterocycles. The maximum absolute atomic E-state index is 5.35. The van der Waals surface area contributed by atoms with E-state index in [2.05, 4.69) is 23.5 Å². The van der Waals surface area contributed by atoms with Gasteiger partial charge in [-0.25, -0.2) is 0 Å². The first kappa shape index (κ1) is 12.8. The van der Waals surface area contributed by atoms with Crippen LogP contribution >= 0.6 is 0 Å². The first-order valence-corrected chi connectivity index (χ1v) is 7.78. The molecule has 0 spiro atoms. The van der Waals surface area contributed by atoms with Crippen LogP contribution in [0.4, 0.5) is 5.69 Å². The van der Waals surface area contributed by atoms with Crippen molar-refractivity contribution in [3.8, 4) is 5.75 Å². The van der Waals surface area contributed by atoms with Crippen molar-refractivity contribution in [1.82, 2.24) is 0 Å². The molecule has 1 fully saturated rings. The summed E-state index contributed by atoms with van der Waals surface area (Å²) in [5.41, 5.74) is 2.78. The number of fused-ring (bicyclic) bond motifs is 1. The third kappa shape index (κ3) is 2.88. The van der Waals surface area contributed by atoms with Gasteiger partial charge in [0.25, 0.3) is 0 Å². The first-order chi connectivity index (χ1) is 9.36. The van der Waals surface area contributed by atoms with Crippen LogP contribution in [0.15, 0.2) is 18.2 Å². The van der Waals surface area contributed by atoms with Crippen LogP contribution in [0.25, 0.3) is 0 Å². The molecule has 3 rings (SSSR count). The Labute approximate surface area is 116 Å². The van der Waals surface area contributed by atoms with Gasteiger partial charge in [-0.15, -0.1) is 0 Å². The second kappa shape index (κ2) is 5.85. The molecule has 1 aliphatic carbocycles. The molecule has 1 N–H and O–H groups in total. The lowest BCUT2D eigenvalue weighted by atomic mass is 9.83. The summed E-state index contributed by atoms with van der Waals surface area (Å²) in [6.45, 7) is 1.11. The van der Waals surface area contributed by atoms with Crippen LogP contribution < -0.4 is 10.1 Å². The second-order valence-corrected chi connectivity index (χ2v) is 6.11. The Kier molecular flexibility index (Phi) is 3.95. The van der Waals surface area contributed by atoms with Crippen molar-refractivity contribution in [1.29, 1.82) is 0 Å². The van der Waals surface area contributed by atoms with Crippen LogP contribution in [0.1, 0.15) is 56.4 Å². The van der Waals surface area contributed by atoms with Crippen LogP contribution in [-0.4, -0.2) is 13.7 Å². The molecule has 2 heteroatoms.